The van der Waals surface area contributed by atoms with E-state index in [0.717, 1.165) is 31.7 Å². The number of piperidine rings is 1. The third-order valence-corrected chi connectivity index (χ3v) is 4.09. The Kier molecular flexibility index (Phi) is 4.88. The number of likely N-dealkylation sites (tertiary alicyclic amines) is 1. The Bertz CT molecular complexity index is 484. The Morgan fingerprint density at radius 2 is 2.33 bits per heavy atom. The standard InChI is InChI=1S/C15H26N4O2/c1-5-9-19-13(6-8-16-19)17-14(20)18-10-7-12(21-4)15(2,3)11-18/h6,8,12H,5,7,9-11H2,1-4H3,(H,17,20)/t12-/m1/s1. The van der Waals surface area contributed by atoms with Gasteiger partial charge in [0.05, 0.1) is 12.3 Å². The number of rotatable bonds is 4. The lowest BCUT2D eigenvalue weighted by molar-refractivity contribution is -0.0394. The summed E-state index contributed by atoms with van der Waals surface area (Å²) in [6.45, 7) is 8.59. The first kappa shape index (κ1) is 15.8. The summed E-state index contributed by atoms with van der Waals surface area (Å²) in [6.07, 6.45) is 3.76. The number of carbonyl (C=O) groups excluding carboxylic acids is 1. The third-order valence-electron chi connectivity index (χ3n) is 4.09. The molecular formula is C15H26N4O2. The number of urea groups is 1. The molecule has 0 saturated carbocycles. The predicted octanol–water partition coefficient (Wildman–Crippen LogP) is 2.57. The first-order valence-electron chi connectivity index (χ1n) is 7.58. The number of methoxy groups -OCH3 is 1. The predicted molar refractivity (Wildman–Crippen MR) is 82.3 cm³/mol. The van der Waals surface area contributed by atoms with E-state index < -0.39 is 0 Å². The SMILES string of the molecule is CCCn1nccc1NC(=O)N1CC[C@@H](OC)C(C)(C)C1. The van der Waals surface area contributed by atoms with Gasteiger partial charge >= 0.3 is 6.03 Å². The normalized spacial score (nSPS) is 21.3. The number of aromatic nitrogens is 2. The fourth-order valence-corrected chi connectivity index (χ4v) is 2.96. The van der Waals surface area contributed by atoms with Crippen LogP contribution in [0.5, 0.6) is 0 Å². The summed E-state index contributed by atoms with van der Waals surface area (Å²) in [4.78, 5) is 14.3. The number of hydrogen-bond donors (Lipinski definition) is 1. The van der Waals surface area contributed by atoms with Crippen LogP contribution in [0, 0.1) is 5.41 Å². The monoisotopic (exact) mass is 294 g/mol. The van der Waals surface area contributed by atoms with E-state index in [4.69, 9.17) is 4.74 Å². The minimum atomic E-state index is -0.0597. The average Bonchev–Trinajstić information content (AvgIpc) is 2.85. The Morgan fingerprint density at radius 3 is 2.95 bits per heavy atom. The third kappa shape index (κ3) is 3.56. The van der Waals surface area contributed by atoms with E-state index in [1.165, 1.54) is 0 Å². The van der Waals surface area contributed by atoms with Gasteiger partial charge in [-0.2, -0.15) is 5.10 Å². The molecule has 2 amide bonds. The van der Waals surface area contributed by atoms with E-state index in [1.54, 1.807) is 13.3 Å². The molecule has 0 unspecified atom stereocenters. The number of amides is 2. The molecule has 1 fully saturated rings. The Morgan fingerprint density at radius 1 is 1.57 bits per heavy atom. The van der Waals surface area contributed by atoms with Gasteiger partial charge in [-0.05, 0) is 12.8 Å². The maximum Gasteiger partial charge on any atom is 0.323 e. The molecule has 1 aromatic heterocycles. The van der Waals surface area contributed by atoms with Crippen LogP contribution in [0.15, 0.2) is 12.3 Å². The second kappa shape index (κ2) is 6.47. The maximum absolute atomic E-state index is 12.4. The van der Waals surface area contributed by atoms with Crippen molar-refractivity contribution < 1.29 is 9.53 Å². The van der Waals surface area contributed by atoms with Crippen molar-refractivity contribution in [2.24, 2.45) is 5.41 Å². The van der Waals surface area contributed by atoms with Crippen molar-refractivity contribution in [3.63, 3.8) is 0 Å². The van der Waals surface area contributed by atoms with E-state index in [1.807, 2.05) is 15.6 Å². The number of ether oxygens (including phenoxy) is 1. The molecule has 0 spiro atoms. The van der Waals surface area contributed by atoms with E-state index >= 15 is 0 Å². The molecule has 1 atom stereocenters. The molecule has 0 bridgehead atoms. The zero-order valence-corrected chi connectivity index (χ0v) is 13.4. The smallest absolute Gasteiger partial charge is 0.323 e. The highest BCUT2D eigenvalue weighted by molar-refractivity contribution is 5.88. The van der Waals surface area contributed by atoms with E-state index in [0.29, 0.717) is 6.54 Å². The zero-order chi connectivity index (χ0) is 15.5. The molecule has 1 N–H and O–H groups in total. The van der Waals surface area contributed by atoms with Crippen LogP contribution in [0.3, 0.4) is 0 Å². The molecule has 6 nitrogen and oxygen atoms in total. The highest BCUT2D eigenvalue weighted by atomic mass is 16.5. The summed E-state index contributed by atoms with van der Waals surface area (Å²) in [6, 6.07) is 1.77. The molecule has 118 valence electrons. The topological polar surface area (TPSA) is 59.4 Å². The lowest BCUT2D eigenvalue weighted by Gasteiger charge is -2.43. The number of nitrogens with one attached hydrogen (secondary N) is 1. The van der Waals surface area contributed by atoms with Crippen LogP contribution in [-0.2, 0) is 11.3 Å². The Labute approximate surface area is 126 Å². The van der Waals surface area contributed by atoms with Gasteiger partial charge in [-0.15, -0.1) is 0 Å². The quantitative estimate of drug-likeness (QED) is 0.928. The second-order valence-electron chi connectivity index (χ2n) is 6.29. The van der Waals surface area contributed by atoms with Gasteiger partial charge in [0.25, 0.3) is 0 Å². The van der Waals surface area contributed by atoms with Crippen molar-refractivity contribution in [3.05, 3.63) is 12.3 Å². The number of carbonyl (C=O) groups is 1. The van der Waals surface area contributed by atoms with Crippen LogP contribution in [-0.4, -0.2) is 47.0 Å². The van der Waals surface area contributed by atoms with Gasteiger partial charge in [0, 0.05) is 38.2 Å². The molecule has 1 aliphatic rings. The average molecular weight is 294 g/mol. The summed E-state index contributed by atoms with van der Waals surface area (Å²) in [5, 5.41) is 7.18. The van der Waals surface area contributed by atoms with Crippen LogP contribution >= 0.6 is 0 Å². The van der Waals surface area contributed by atoms with Gasteiger partial charge in [0.2, 0.25) is 0 Å². The lowest BCUT2D eigenvalue weighted by Crippen LogP contribution is -2.52. The van der Waals surface area contributed by atoms with Crippen molar-refractivity contribution in [1.29, 1.82) is 0 Å². The molecule has 2 heterocycles. The summed E-state index contributed by atoms with van der Waals surface area (Å²) in [5.74, 6) is 0.758. The summed E-state index contributed by atoms with van der Waals surface area (Å²) in [7, 11) is 1.74. The van der Waals surface area contributed by atoms with Crippen LogP contribution in [0.4, 0.5) is 10.6 Å². The molecule has 6 heteroatoms. The zero-order valence-electron chi connectivity index (χ0n) is 13.4. The van der Waals surface area contributed by atoms with E-state index in [-0.39, 0.29) is 17.6 Å². The van der Waals surface area contributed by atoms with Gasteiger partial charge < -0.3 is 9.64 Å². The van der Waals surface area contributed by atoms with Gasteiger partial charge in [0.1, 0.15) is 5.82 Å². The summed E-state index contributed by atoms with van der Waals surface area (Å²) >= 11 is 0. The highest BCUT2D eigenvalue weighted by Crippen LogP contribution is 2.31. The number of nitrogens with zero attached hydrogens (tertiary/aromatic N) is 3. The van der Waals surface area contributed by atoms with Crippen molar-refractivity contribution in [1.82, 2.24) is 14.7 Å². The van der Waals surface area contributed by atoms with Gasteiger partial charge in [-0.3, -0.25) is 5.32 Å². The molecule has 1 aromatic rings. The van der Waals surface area contributed by atoms with Crippen molar-refractivity contribution >= 4 is 11.8 Å². The van der Waals surface area contributed by atoms with E-state index in [9.17, 15) is 4.79 Å². The van der Waals surface area contributed by atoms with Crippen molar-refractivity contribution in [3.8, 4) is 0 Å². The molecule has 21 heavy (non-hydrogen) atoms. The van der Waals surface area contributed by atoms with Crippen LogP contribution in [0.1, 0.15) is 33.6 Å². The van der Waals surface area contributed by atoms with Gasteiger partial charge in [-0.25, -0.2) is 9.48 Å². The highest BCUT2D eigenvalue weighted by Gasteiger charge is 2.37. The fourth-order valence-electron chi connectivity index (χ4n) is 2.96. The molecular weight excluding hydrogens is 268 g/mol. The minimum absolute atomic E-state index is 0.0337. The van der Waals surface area contributed by atoms with Crippen LogP contribution in [0.2, 0.25) is 0 Å². The van der Waals surface area contributed by atoms with Crippen LogP contribution in [0.25, 0.3) is 0 Å². The number of anilines is 1. The van der Waals surface area contributed by atoms with Crippen molar-refractivity contribution in [2.45, 2.75) is 46.3 Å². The second-order valence-corrected chi connectivity index (χ2v) is 6.29. The largest absolute Gasteiger partial charge is 0.381 e. The maximum atomic E-state index is 12.4. The van der Waals surface area contributed by atoms with Gasteiger partial charge in [-0.1, -0.05) is 20.8 Å². The molecule has 1 saturated heterocycles. The van der Waals surface area contributed by atoms with Gasteiger partial charge in [0.15, 0.2) is 0 Å². The van der Waals surface area contributed by atoms with Crippen molar-refractivity contribution in [2.75, 3.05) is 25.5 Å². The molecule has 1 aliphatic heterocycles. The summed E-state index contributed by atoms with van der Waals surface area (Å²) in [5.41, 5.74) is -0.0337. The lowest BCUT2D eigenvalue weighted by atomic mass is 9.81. The fraction of sp³-hybridized carbons (Fsp3) is 0.733. The molecule has 0 aliphatic carbocycles. The summed E-state index contributed by atoms with van der Waals surface area (Å²) < 4.78 is 7.34. The van der Waals surface area contributed by atoms with Crippen LogP contribution < -0.4 is 5.32 Å². The molecule has 0 aromatic carbocycles. The van der Waals surface area contributed by atoms with E-state index in [2.05, 4.69) is 31.2 Å². The Hall–Kier alpha value is -1.56. The Balaban J connectivity index is 1.99. The first-order valence-corrected chi connectivity index (χ1v) is 7.58. The minimum Gasteiger partial charge on any atom is -0.381 e. The molecule has 2 rings (SSSR count). The first-order chi connectivity index (χ1) is 9.97. The number of hydrogen-bond acceptors (Lipinski definition) is 3. The number of aryl methyl sites for hydroxylation is 1. The molecule has 0 radical (unpaired) electrons.